The Morgan fingerprint density at radius 3 is 2.38 bits per heavy atom. The molecule has 2 N–H and O–H groups in total. The van der Waals surface area contributed by atoms with Gasteiger partial charge in [-0.15, -0.1) is 0 Å². The molecule has 0 atom stereocenters. The van der Waals surface area contributed by atoms with E-state index >= 15 is 0 Å². The number of hydrogen-bond acceptors (Lipinski definition) is 7. The summed E-state index contributed by atoms with van der Waals surface area (Å²) < 4.78 is 52.6. The molecule has 0 aliphatic heterocycles. The molecule has 0 aliphatic carbocycles. The number of alkyl halides is 3. The van der Waals surface area contributed by atoms with Crippen molar-refractivity contribution in [3.05, 3.63) is 131 Å². The molecule has 3 aromatic carbocycles. The van der Waals surface area contributed by atoms with Gasteiger partial charge in [0.2, 0.25) is 11.8 Å². The van der Waals surface area contributed by atoms with Crippen LogP contribution in [0.4, 0.5) is 13.2 Å². The van der Waals surface area contributed by atoms with E-state index in [2.05, 4.69) is 10.4 Å². The van der Waals surface area contributed by atoms with Gasteiger partial charge in [-0.2, -0.15) is 18.3 Å². The van der Waals surface area contributed by atoms with Gasteiger partial charge < -0.3 is 24.8 Å². The van der Waals surface area contributed by atoms with Crippen molar-refractivity contribution in [1.82, 2.24) is 20.0 Å². The van der Waals surface area contributed by atoms with Crippen molar-refractivity contribution in [3.63, 3.8) is 0 Å². The van der Waals surface area contributed by atoms with Crippen molar-refractivity contribution in [3.8, 4) is 17.2 Å². The Labute approximate surface area is 285 Å². The molecular formula is C36H33F3N4O7. The van der Waals surface area contributed by atoms with E-state index in [0.717, 1.165) is 11.0 Å². The first kappa shape index (κ1) is 36.7. The molecule has 0 aliphatic rings. The topological polar surface area (TPSA) is 140 Å². The van der Waals surface area contributed by atoms with E-state index in [1.165, 1.54) is 49.6 Å². The Balaban J connectivity index is 1.33. The molecule has 0 bridgehead atoms. The van der Waals surface area contributed by atoms with Crippen LogP contribution in [-0.4, -0.2) is 57.2 Å². The molecule has 1 aromatic heterocycles. The Hall–Kier alpha value is -6.18. The summed E-state index contributed by atoms with van der Waals surface area (Å²) in [5, 5.41) is 16.1. The molecule has 11 nitrogen and oxygen atoms in total. The quantitative estimate of drug-likeness (QED) is 0.0970. The van der Waals surface area contributed by atoms with Crippen LogP contribution in [0.1, 0.15) is 40.4 Å². The Morgan fingerprint density at radius 2 is 1.74 bits per heavy atom. The molecular weight excluding hydrogens is 657 g/mol. The van der Waals surface area contributed by atoms with Crippen molar-refractivity contribution in [2.75, 3.05) is 13.7 Å². The maximum atomic E-state index is 13.5. The first-order valence-corrected chi connectivity index (χ1v) is 15.1. The number of nitrogens with zero attached hydrogens (tertiary/aromatic N) is 3. The molecule has 2 amide bonds. The lowest BCUT2D eigenvalue weighted by atomic mass is 10.0. The van der Waals surface area contributed by atoms with Crippen LogP contribution in [0.3, 0.4) is 0 Å². The summed E-state index contributed by atoms with van der Waals surface area (Å²) in [5.41, 5.74) is 0.559. The molecule has 0 saturated heterocycles. The fourth-order valence-electron chi connectivity index (χ4n) is 4.75. The number of methoxy groups -OCH3 is 1. The van der Waals surface area contributed by atoms with E-state index in [1.54, 1.807) is 66.5 Å². The van der Waals surface area contributed by atoms with Gasteiger partial charge in [0.05, 0.1) is 30.3 Å². The summed E-state index contributed by atoms with van der Waals surface area (Å²) in [6, 6.07) is 18.1. The van der Waals surface area contributed by atoms with Crippen molar-refractivity contribution >= 4 is 23.8 Å². The summed E-state index contributed by atoms with van der Waals surface area (Å²) in [6.45, 7) is 0.939. The number of carbonyl (C=O) groups excluding carboxylic acids is 3. The number of rotatable bonds is 14. The number of amides is 2. The maximum Gasteiger partial charge on any atom is 0.416 e. The second-order valence-corrected chi connectivity index (χ2v) is 10.8. The summed E-state index contributed by atoms with van der Waals surface area (Å²) in [4.78, 5) is 51.0. The van der Waals surface area contributed by atoms with E-state index in [1.807, 2.05) is 0 Å². The predicted molar refractivity (Wildman–Crippen MR) is 175 cm³/mol. The van der Waals surface area contributed by atoms with Gasteiger partial charge in [0.1, 0.15) is 18.0 Å². The highest BCUT2D eigenvalue weighted by atomic mass is 19.4. The van der Waals surface area contributed by atoms with Gasteiger partial charge in [-0.25, -0.2) is 9.48 Å². The number of carboxylic acids is 1. The third kappa shape index (κ3) is 10.4. The predicted octanol–water partition coefficient (Wildman–Crippen LogP) is 5.74. The molecule has 0 saturated carbocycles. The highest BCUT2D eigenvalue weighted by Crippen LogP contribution is 2.34. The average molecular weight is 691 g/mol. The van der Waals surface area contributed by atoms with Crippen LogP contribution in [0, 0.1) is 0 Å². The molecule has 0 fully saturated rings. The van der Waals surface area contributed by atoms with Crippen LogP contribution in [0.2, 0.25) is 0 Å². The molecule has 0 spiro atoms. The van der Waals surface area contributed by atoms with Crippen LogP contribution in [0.15, 0.2) is 109 Å². The largest absolute Gasteiger partial charge is 0.497 e. The standard InChI is InChI=1S/C36H33F3N4O7/c1-3-27(41-32(44)20-25-13-16-30(49-2)21-31(25)36(37,38)39)8-5-10-33(45)42(23-34(46)47)22-24-11-14-29(15-12-24)50-35(48)26-7-4-9-28(19-26)43-18-6-17-40-43/h3-9,11-19,21H,10,20,22-23H2,1-2H3,(H,41,44)(H,46,47). The maximum absolute atomic E-state index is 13.5. The van der Waals surface area contributed by atoms with Gasteiger partial charge in [-0.3, -0.25) is 14.4 Å². The van der Waals surface area contributed by atoms with E-state index in [-0.39, 0.29) is 35.7 Å². The van der Waals surface area contributed by atoms with Crippen LogP contribution in [0.25, 0.3) is 5.69 Å². The van der Waals surface area contributed by atoms with Gasteiger partial charge in [-0.05, 0) is 72.7 Å². The van der Waals surface area contributed by atoms with Crippen molar-refractivity contribution < 1.29 is 46.9 Å². The molecule has 0 radical (unpaired) electrons. The van der Waals surface area contributed by atoms with Crippen LogP contribution >= 0.6 is 0 Å². The van der Waals surface area contributed by atoms with Crippen molar-refractivity contribution in [2.45, 2.75) is 32.5 Å². The number of aliphatic carboxylic acids is 1. The first-order valence-electron chi connectivity index (χ1n) is 15.1. The summed E-state index contributed by atoms with van der Waals surface area (Å²) in [7, 11) is 1.24. The van der Waals surface area contributed by atoms with Gasteiger partial charge in [0.25, 0.3) is 0 Å². The lowest BCUT2D eigenvalue weighted by molar-refractivity contribution is -0.144. The molecule has 0 unspecified atom stereocenters. The molecule has 4 rings (SSSR count). The number of carbonyl (C=O) groups is 4. The number of ether oxygens (including phenoxy) is 2. The van der Waals surface area contributed by atoms with Gasteiger partial charge in [0, 0.05) is 31.1 Å². The smallest absolute Gasteiger partial charge is 0.416 e. The number of nitrogens with one attached hydrogen (secondary N) is 1. The second kappa shape index (κ2) is 16.8. The number of halogens is 3. The number of aromatic nitrogens is 2. The number of benzene rings is 3. The molecule has 260 valence electrons. The number of carboxylic acid groups (broad SMARTS) is 1. The zero-order valence-electron chi connectivity index (χ0n) is 27.0. The minimum absolute atomic E-state index is 0.00244. The van der Waals surface area contributed by atoms with Crippen LogP contribution in [-0.2, 0) is 33.5 Å². The minimum Gasteiger partial charge on any atom is -0.497 e. The monoisotopic (exact) mass is 690 g/mol. The Kier molecular flexibility index (Phi) is 12.3. The SMILES string of the molecule is CC=C(C=CCC(=O)N(CC(=O)O)Cc1ccc(OC(=O)c2cccc(-n3cccn3)c2)cc1)NC(=O)Cc1ccc(OC)cc1C(F)(F)F. The third-order valence-corrected chi connectivity index (χ3v) is 7.20. The Morgan fingerprint density at radius 1 is 1.00 bits per heavy atom. The van der Waals surface area contributed by atoms with Gasteiger partial charge in [-0.1, -0.05) is 36.4 Å². The number of hydrogen-bond donors (Lipinski definition) is 2. The number of esters is 1. The lowest BCUT2D eigenvalue weighted by Crippen LogP contribution is -2.34. The summed E-state index contributed by atoms with van der Waals surface area (Å²) >= 11 is 0. The highest BCUT2D eigenvalue weighted by molar-refractivity contribution is 5.91. The fourth-order valence-corrected chi connectivity index (χ4v) is 4.75. The second-order valence-electron chi connectivity index (χ2n) is 10.8. The zero-order valence-corrected chi connectivity index (χ0v) is 27.0. The van der Waals surface area contributed by atoms with E-state index in [4.69, 9.17) is 9.47 Å². The van der Waals surface area contributed by atoms with Crippen LogP contribution in [0.5, 0.6) is 11.5 Å². The number of allylic oxidation sites excluding steroid dienone is 2. The Bertz CT molecular complexity index is 1890. The van der Waals surface area contributed by atoms with Gasteiger partial charge >= 0.3 is 18.1 Å². The minimum atomic E-state index is -4.70. The molecule has 4 aromatic rings. The highest BCUT2D eigenvalue weighted by Gasteiger charge is 2.34. The van der Waals surface area contributed by atoms with Gasteiger partial charge in [0.15, 0.2) is 0 Å². The molecule has 1 heterocycles. The first-order chi connectivity index (χ1) is 23.9. The summed E-state index contributed by atoms with van der Waals surface area (Å²) in [5.74, 6) is -2.83. The third-order valence-electron chi connectivity index (χ3n) is 7.20. The van der Waals surface area contributed by atoms with Crippen molar-refractivity contribution in [1.29, 1.82) is 0 Å². The van der Waals surface area contributed by atoms with E-state index in [0.29, 0.717) is 16.8 Å². The normalized spacial score (nSPS) is 11.7. The van der Waals surface area contributed by atoms with E-state index in [9.17, 15) is 37.5 Å². The zero-order chi connectivity index (χ0) is 36.3. The summed E-state index contributed by atoms with van der Waals surface area (Å²) in [6.07, 6.45) is 2.18. The van der Waals surface area contributed by atoms with Crippen LogP contribution < -0.4 is 14.8 Å². The fraction of sp³-hybridized carbons (Fsp3) is 0.194. The average Bonchev–Trinajstić information content (AvgIpc) is 3.63. The van der Waals surface area contributed by atoms with Crippen molar-refractivity contribution in [2.24, 2.45) is 0 Å². The molecule has 14 heteroatoms. The lowest BCUT2D eigenvalue weighted by Gasteiger charge is -2.20. The van der Waals surface area contributed by atoms with E-state index < -0.39 is 48.5 Å². The molecule has 50 heavy (non-hydrogen) atoms.